The summed E-state index contributed by atoms with van der Waals surface area (Å²) in [6.07, 6.45) is 1.38. The molecule has 1 heterocycles. The summed E-state index contributed by atoms with van der Waals surface area (Å²) in [6, 6.07) is 20.6. The molecule has 24 heavy (non-hydrogen) atoms. The zero-order chi connectivity index (χ0) is 16.1. The van der Waals surface area contributed by atoms with Gasteiger partial charge < -0.3 is 10.6 Å². The smallest absolute Gasteiger partial charge is 0.222 e. The van der Waals surface area contributed by atoms with Crippen LogP contribution >= 0.6 is 12.4 Å². The molecule has 1 saturated heterocycles. The highest BCUT2D eigenvalue weighted by Gasteiger charge is 2.34. The first-order chi connectivity index (χ1) is 11.3. The van der Waals surface area contributed by atoms with Crippen molar-refractivity contribution in [1.29, 1.82) is 0 Å². The van der Waals surface area contributed by atoms with Crippen molar-refractivity contribution in [3.63, 3.8) is 0 Å². The fraction of sp³-hybridized carbons (Fsp3) is 0.350. The zero-order valence-corrected chi connectivity index (χ0v) is 14.6. The van der Waals surface area contributed by atoms with Gasteiger partial charge in [-0.3, -0.25) is 4.79 Å². The molecule has 0 spiro atoms. The van der Waals surface area contributed by atoms with Crippen LogP contribution in [-0.2, 0) is 11.2 Å². The van der Waals surface area contributed by atoms with Gasteiger partial charge in [0.1, 0.15) is 0 Å². The van der Waals surface area contributed by atoms with E-state index in [9.17, 15) is 4.79 Å². The van der Waals surface area contributed by atoms with Gasteiger partial charge in [0, 0.05) is 25.4 Å². The van der Waals surface area contributed by atoms with Gasteiger partial charge in [-0.2, -0.15) is 0 Å². The third-order valence-electron chi connectivity index (χ3n) is 4.79. The highest BCUT2D eigenvalue weighted by atomic mass is 35.5. The molecule has 3 rings (SSSR count). The zero-order valence-electron chi connectivity index (χ0n) is 13.8. The molecule has 0 saturated carbocycles. The van der Waals surface area contributed by atoms with Gasteiger partial charge in [-0.15, -0.1) is 12.4 Å². The Kier molecular flexibility index (Phi) is 6.83. The third kappa shape index (κ3) is 4.37. The number of hydrogen-bond donors (Lipinski definition) is 1. The summed E-state index contributed by atoms with van der Waals surface area (Å²) in [7, 11) is 0. The van der Waals surface area contributed by atoms with Crippen LogP contribution < -0.4 is 5.73 Å². The molecule has 1 aliphatic rings. The highest BCUT2D eigenvalue weighted by molar-refractivity contribution is 5.85. The number of nitrogens with zero attached hydrogens (tertiary/aromatic N) is 1. The monoisotopic (exact) mass is 344 g/mol. The van der Waals surface area contributed by atoms with Gasteiger partial charge in [-0.05, 0) is 30.0 Å². The van der Waals surface area contributed by atoms with Crippen LogP contribution in [-0.4, -0.2) is 30.4 Å². The molecule has 128 valence electrons. The maximum Gasteiger partial charge on any atom is 0.222 e. The second kappa shape index (κ2) is 8.86. The van der Waals surface area contributed by atoms with E-state index in [4.69, 9.17) is 5.73 Å². The normalized spacial score (nSPS) is 19.8. The lowest BCUT2D eigenvalue weighted by Crippen LogP contribution is -2.30. The first-order valence-electron chi connectivity index (χ1n) is 8.34. The molecule has 1 amide bonds. The van der Waals surface area contributed by atoms with Crippen LogP contribution in [0.15, 0.2) is 60.7 Å². The van der Waals surface area contributed by atoms with Crippen molar-refractivity contribution < 1.29 is 4.79 Å². The fourth-order valence-corrected chi connectivity index (χ4v) is 3.45. The lowest BCUT2D eigenvalue weighted by Gasteiger charge is -2.17. The van der Waals surface area contributed by atoms with E-state index in [1.807, 2.05) is 29.2 Å². The fourth-order valence-electron chi connectivity index (χ4n) is 3.45. The van der Waals surface area contributed by atoms with E-state index in [1.165, 1.54) is 11.1 Å². The molecular weight excluding hydrogens is 320 g/mol. The van der Waals surface area contributed by atoms with Gasteiger partial charge in [-0.1, -0.05) is 60.7 Å². The maximum atomic E-state index is 12.5. The molecule has 0 aliphatic carbocycles. The van der Waals surface area contributed by atoms with E-state index < -0.39 is 0 Å². The Morgan fingerprint density at radius 3 is 2.25 bits per heavy atom. The predicted molar refractivity (Wildman–Crippen MR) is 100 cm³/mol. The number of rotatable bonds is 5. The maximum absolute atomic E-state index is 12.5. The van der Waals surface area contributed by atoms with Crippen LogP contribution in [0.1, 0.15) is 23.5 Å². The Labute approximate surface area is 150 Å². The van der Waals surface area contributed by atoms with E-state index in [0.29, 0.717) is 24.8 Å². The minimum Gasteiger partial charge on any atom is -0.342 e. The van der Waals surface area contributed by atoms with E-state index >= 15 is 0 Å². The molecule has 0 bridgehead atoms. The predicted octanol–water partition coefficient (Wildman–Crippen LogP) is 3.24. The molecule has 0 aromatic heterocycles. The lowest BCUT2D eigenvalue weighted by atomic mass is 9.89. The average molecular weight is 345 g/mol. The van der Waals surface area contributed by atoms with Gasteiger partial charge in [-0.25, -0.2) is 0 Å². The standard InChI is InChI=1S/C20H24N2O.ClH/c21-13-18-14-22(15-19(18)17-9-5-2-6-10-17)20(23)12-11-16-7-3-1-4-8-16;/h1-10,18-19H,11-15,21H2;1H/t18-,19+;/m1./s1. The Balaban J connectivity index is 0.00000208. The summed E-state index contributed by atoms with van der Waals surface area (Å²) in [5.74, 6) is 0.964. The number of nitrogens with two attached hydrogens (primary N) is 1. The molecule has 4 heteroatoms. The average Bonchev–Trinajstić information content (AvgIpc) is 3.06. The third-order valence-corrected chi connectivity index (χ3v) is 4.79. The molecule has 0 radical (unpaired) electrons. The van der Waals surface area contributed by atoms with Crippen molar-refractivity contribution in [3.8, 4) is 0 Å². The number of benzene rings is 2. The quantitative estimate of drug-likeness (QED) is 0.905. The lowest BCUT2D eigenvalue weighted by molar-refractivity contribution is -0.130. The minimum atomic E-state index is 0. The van der Waals surface area contributed by atoms with Crippen molar-refractivity contribution in [3.05, 3.63) is 71.8 Å². The number of hydrogen-bond acceptors (Lipinski definition) is 2. The first kappa shape index (κ1) is 18.5. The molecule has 1 aliphatic heterocycles. The van der Waals surface area contributed by atoms with Gasteiger partial charge >= 0.3 is 0 Å². The molecule has 2 atom stereocenters. The number of carbonyl (C=O) groups excluding carboxylic acids is 1. The highest BCUT2D eigenvalue weighted by Crippen LogP contribution is 2.32. The number of halogens is 1. The number of amides is 1. The molecule has 2 N–H and O–H groups in total. The summed E-state index contributed by atoms with van der Waals surface area (Å²) in [6.45, 7) is 2.20. The van der Waals surface area contributed by atoms with Crippen molar-refractivity contribution in [2.75, 3.05) is 19.6 Å². The topological polar surface area (TPSA) is 46.3 Å². The minimum absolute atomic E-state index is 0. The Morgan fingerprint density at radius 1 is 1.00 bits per heavy atom. The summed E-state index contributed by atoms with van der Waals surface area (Å²) in [5.41, 5.74) is 8.46. The van der Waals surface area contributed by atoms with Gasteiger partial charge in [0.05, 0.1) is 0 Å². The Hall–Kier alpha value is -1.84. The van der Waals surface area contributed by atoms with Crippen molar-refractivity contribution >= 4 is 18.3 Å². The van der Waals surface area contributed by atoms with Crippen LogP contribution in [0.25, 0.3) is 0 Å². The SMILES string of the molecule is Cl.NC[C@@H]1CN(C(=O)CCc2ccccc2)C[C@H]1c1ccccc1. The second-order valence-corrected chi connectivity index (χ2v) is 6.30. The van der Waals surface area contributed by atoms with Gasteiger partial charge in [0.2, 0.25) is 5.91 Å². The van der Waals surface area contributed by atoms with Gasteiger partial charge in [0.25, 0.3) is 0 Å². The first-order valence-corrected chi connectivity index (χ1v) is 8.34. The summed E-state index contributed by atoms with van der Waals surface area (Å²) >= 11 is 0. The number of carbonyl (C=O) groups is 1. The summed E-state index contributed by atoms with van der Waals surface area (Å²) in [4.78, 5) is 14.5. The van der Waals surface area contributed by atoms with Crippen molar-refractivity contribution in [1.82, 2.24) is 4.90 Å². The molecule has 2 aromatic rings. The molecule has 1 fully saturated rings. The summed E-state index contributed by atoms with van der Waals surface area (Å²) in [5, 5.41) is 0. The van der Waals surface area contributed by atoms with Crippen LogP contribution in [0.4, 0.5) is 0 Å². The molecule has 2 aromatic carbocycles. The molecule has 0 unspecified atom stereocenters. The second-order valence-electron chi connectivity index (χ2n) is 6.30. The van der Waals surface area contributed by atoms with Gasteiger partial charge in [0.15, 0.2) is 0 Å². The largest absolute Gasteiger partial charge is 0.342 e. The van der Waals surface area contributed by atoms with E-state index in [2.05, 4.69) is 36.4 Å². The van der Waals surface area contributed by atoms with Crippen molar-refractivity contribution in [2.24, 2.45) is 11.7 Å². The van der Waals surface area contributed by atoms with E-state index in [1.54, 1.807) is 0 Å². The van der Waals surface area contributed by atoms with E-state index in [0.717, 1.165) is 19.5 Å². The van der Waals surface area contributed by atoms with Crippen LogP contribution in [0, 0.1) is 5.92 Å². The number of aryl methyl sites for hydroxylation is 1. The van der Waals surface area contributed by atoms with E-state index in [-0.39, 0.29) is 18.3 Å². The van der Waals surface area contributed by atoms with Crippen LogP contribution in [0.2, 0.25) is 0 Å². The van der Waals surface area contributed by atoms with Crippen LogP contribution in [0.5, 0.6) is 0 Å². The van der Waals surface area contributed by atoms with Crippen LogP contribution in [0.3, 0.4) is 0 Å². The van der Waals surface area contributed by atoms with Crippen molar-refractivity contribution in [2.45, 2.75) is 18.8 Å². The molecule has 3 nitrogen and oxygen atoms in total. The Bertz CT molecular complexity index is 633. The Morgan fingerprint density at radius 2 is 1.62 bits per heavy atom. The summed E-state index contributed by atoms with van der Waals surface area (Å²) < 4.78 is 0. The molecular formula is C20H25ClN2O. The number of likely N-dealkylation sites (tertiary alicyclic amines) is 1.